The van der Waals surface area contributed by atoms with Crippen LogP contribution in [0.4, 0.5) is 17.1 Å². The summed E-state index contributed by atoms with van der Waals surface area (Å²) in [5.41, 5.74) is 3.61. The van der Waals surface area contributed by atoms with Crippen molar-refractivity contribution in [2.24, 2.45) is 0 Å². The molecule has 0 atom stereocenters. The average molecular weight is 316 g/mol. The molecule has 3 rings (SSSR count). The van der Waals surface area contributed by atoms with Crippen molar-refractivity contribution in [2.45, 2.75) is 0 Å². The Kier molecular flexibility index (Phi) is 4.62. The van der Waals surface area contributed by atoms with Crippen molar-refractivity contribution in [3.63, 3.8) is 0 Å². The molecule has 0 saturated heterocycles. The second kappa shape index (κ2) is 7.01. The monoisotopic (exact) mass is 316 g/mol. The van der Waals surface area contributed by atoms with Crippen molar-refractivity contribution < 1.29 is 4.79 Å². The molecule has 0 aliphatic rings. The molecule has 0 spiro atoms. The highest BCUT2D eigenvalue weighted by atomic mass is 16.2. The highest BCUT2D eigenvalue weighted by molar-refractivity contribution is 6.06. The lowest BCUT2D eigenvalue weighted by atomic mass is 10.1. The van der Waals surface area contributed by atoms with E-state index >= 15 is 0 Å². The molecule has 3 aromatic rings. The maximum absolute atomic E-state index is 12.8. The van der Waals surface area contributed by atoms with E-state index < -0.39 is 0 Å². The van der Waals surface area contributed by atoms with Crippen molar-refractivity contribution in [3.8, 4) is 0 Å². The minimum Gasteiger partial charge on any atom is -0.345 e. The molecule has 0 radical (unpaired) electrons. The van der Waals surface area contributed by atoms with E-state index in [1.54, 1.807) is 11.9 Å². The minimum absolute atomic E-state index is 0.0236. The molecule has 3 nitrogen and oxygen atoms in total. The molecular weight excluding hydrogens is 296 g/mol. The van der Waals surface area contributed by atoms with Crippen LogP contribution >= 0.6 is 0 Å². The summed E-state index contributed by atoms with van der Waals surface area (Å²) in [4.78, 5) is 16.5. The van der Waals surface area contributed by atoms with Gasteiger partial charge in [-0.25, -0.2) is 0 Å². The lowest BCUT2D eigenvalue weighted by Gasteiger charge is -2.21. The predicted octanol–water partition coefficient (Wildman–Crippen LogP) is 4.73. The first kappa shape index (κ1) is 15.8. The van der Waals surface area contributed by atoms with E-state index in [1.807, 2.05) is 92.0 Å². The largest absolute Gasteiger partial charge is 0.345 e. The normalized spacial score (nSPS) is 10.2. The maximum atomic E-state index is 12.8. The standard InChI is InChI=1S/C21H20N2O/c1-22(18-11-5-3-6-12-18)20-15-9-10-17(16-20)21(24)23(2)19-13-7-4-8-14-19/h3-16H,1-2H3. The summed E-state index contributed by atoms with van der Waals surface area (Å²) in [6.07, 6.45) is 0. The summed E-state index contributed by atoms with van der Waals surface area (Å²) < 4.78 is 0. The molecule has 3 heteroatoms. The number of nitrogens with zero attached hydrogens (tertiary/aromatic N) is 2. The zero-order valence-electron chi connectivity index (χ0n) is 13.9. The van der Waals surface area contributed by atoms with Gasteiger partial charge in [0, 0.05) is 36.7 Å². The first-order valence-electron chi connectivity index (χ1n) is 7.89. The van der Waals surface area contributed by atoms with Gasteiger partial charge in [0.25, 0.3) is 5.91 Å². The minimum atomic E-state index is -0.0236. The molecule has 0 saturated carbocycles. The zero-order chi connectivity index (χ0) is 16.9. The molecule has 3 aromatic carbocycles. The smallest absolute Gasteiger partial charge is 0.258 e. The van der Waals surface area contributed by atoms with Gasteiger partial charge in [0.1, 0.15) is 0 Å². The number of hydrogen-bond donors (Lipinski definition) is 0. The fraction of sp³-hybridized carbons (Fsp3) is 0.0952. The Morgan fingerprint density at radius 2 is 1.21 bits per heavy atom. The molecule has 0 fully saturated rings. The van der Waals surface area contributed by atoms with Crippen LogP contribution in [0.25, 0.3) is 0 Å². The van der Waals surface area contributed by atoms with E-state index in [0.717, 1.165) is 17.1 Å². The predicted molar refractivity (Wildman–Crippen MR) is 100 cm³/mol. The first-order valence-corrected chi connectivity index (χ1v) is 7.89. The number of anilines is 3. The average Bonchev–Trinajstić information content (AvgIpc) is 2.67. The van der Waals surface area contributed by atoms with Gasteiger partial charge in [-0.1, -0.05) is 42.5 Å². The van der Waals surface area contributed by atoms with E-state index in [2.05, 4.69) is 4.90 Å². The van der Waals surface area contributed by atoms with Crippen LogP contribution in [0.2, 0.25) is 0 Å². The van der Waals surface area contributed by atoms with Gasteiger partial charge in [-0.3, -0.25) is 4.79 Å². The summed E-state index contributed by atoms with van der Waals surface area (Å²) in [5.74, 6) is -0.0236. The molecule has 1 amide bonds. The van der Waals surface area contributed by atoms with Gasteiger partial charge >= 0.3 is 0 Å². The number of amides is 1. The SMILES string of the molecule is CN(C(=O)c1cccc(N(C)c2ccccc2)c1)c1ccccc1. The van der Waals surface area contributed by atoms with E-state index in [9.17, 15) is 4.79 Å². The van der Waals surface area contributed by atoms with Gasteiger partial charge in [-0.15, -0.1) is 0 Å². The van der Waals surface area contributed by atoms with Gasteiger partial charge < -0.3 is 9.80 Å². The van der Waals surface area contributed by atoms with E-state index in [-0.39, 0.29) is 5.91 Å². The Bertz CT molecular complexity index is 816. The van der Waals surface area contributed by atoms with Crippen molar-refractivity contribution in [1.29, 1.82) is 0 Å². The number of para-hydroxylation sites is 2. The van der Waals surface area contributed by atoms with Crippen LogP contribution in [0.3, 0.4) is 0 Å². The van der Waals surface area contributed by atoms with E-state index in [1.165, 1.54) is 0 Å². The van der Waals surface area contributed by atoms with Gasteiger partial charge in [0.2, 0.25) is 0 Å². The van der Waals surface area contributed by atoms with Crippen molar-refractivity contribution in [3.05, 3.63) is 90.5 Å². The number of carbonyl (C=O) groups is 1. The Labute approximate surface area is 142 Å². The van der Waals surface area contributed by atoms with Crippen molar-refractivity contribution >= 4 is 23.0 Å². The van der Waals surface area contributed by atoms with E-state index in [0.29, 0.717) is 5.56 Å². The molecule has 0 aromatic heterocycles. The van der Waals surface area contributed by atoms with Crippen molar-refractivity contribution in [1.82, 2.24) is 0 Å². The lowest BCUT2D eigenvalue weighted by molar-refractivity contribution is 0.0993. The first-order chi connectivity index (χ1) is 11.7. The quantitative estimate of drug-likeness (QED) is 0.694. The molecule has 0 heterocycles. The summed E-state index contributed by atoms with van der Waals surface area (Å²) in [6.45, 7) is 0. The Hall–Kier alpha value is -3.07. The Morgan fingerprint density at radius 3 is 1.83 bits per heavy atom. The number of carbonyl (C=O) groups excluding carboxylic acids is 1. The molecule has 0 aliphatic carbocycles. The summed E-state index contributed by atoms with van der Waals surface area (Å²) in [6, 6.07) is 27.5. The van der Waals surface area contributed by atoms with Crippen LogP contribution in [-0.4, -0.2) is 20.0 Å². The third-order valence-electron chi connectivity index (χ3n) is 4.07. The van der Waals surface area contributed by atoms with Gasteiger partial charge in [0.05, 0.1) is 0 Å². The van der Waals surface area contributed by atoms with Crippen molar-refractivity contribution in [2.75, 3.05) is 23.9 Å². The molecule has 120 valence electrons. The summed E-state index contributed by atoms with van der Waals surface area (Å²) in [7, 11) is 3.80. The van der Waals surface area contributed by atoms with Crippen LogP contribution < -0.4 is 9.80 Å². The topological polar surface area (TPSA) is 23.6 Å². The molecular formula is C21H20N2O. The van der Waals surface area contributed by atoms with E-state index in [4.69, 9.17) is 0 Å². The number of benzene rings is 3. The highest BCUT2D eigenvalue weighted by Crippen LogP contribution is 2.25. The molecule has 0 bridgehead atoms. The van der Waals surface area contributed by atoms with Gasteiger partial charge in [-0.2, -0.15) is 0 Å². The number of rotatable bonds is 4. The van der Waals surface area contributed by atoms with Crippen LogP contribution in [0, 0.1) is 0 Å². The third-order valence-corrected chi connectivity index (χ3v) is 4.07. The highest BCUT2D eigenvalue weighted by Gasteiger charge is 2.14. The number of hydrogen-bond acceptors (Lipinski definition) is 2. The fourth-order valence-corrected chi connectivity index (χ4v) is 2.61. The molecule has 0 unspecified atom stereocenters. The van der Waals surface area contributed by atoms with Crippen LogP contribution in [0.5, 0.6) is 0 Å². The van der Waals surface area contributed by atoms with Crippen LogP contribution in [0.15, 0.2) is 84.9 Å². The van der Waals surface area contributed by atoms with Gasteiger partial charge in [0.15, 0.2) is 0 Å². The third kappa shape index (κ3) is 3.30. The molecule has 0 N–H and O–H groups in total. The van der Waals surface area contributed by atoms with Gasteiger partial charge in [-0.05, 0) is 42.5 Å². The lowest BCUT2D eigenvalue weighted by Crippen LogP contribution is -2.26. The van der Waals surface area contributed by atoms with Crippen LogP contribution in [0.1, 0.15) is 10.4 Å². The summed E-state index contributed by atoms with van der Waals surface area (Å²) >= 11 is 0. The zero-order valence-corrected chi connectivity index (χ0v) is 13.9. The Balaban J connectivity index is 1.86. The molecule has 0 aliphatic heterocycles. The summed E-state index contributed by atoms with van der Waals surface area (Å²) in [5, 5.41) is 0. The maximum Gasteiger partial charge on any atom is 0.258 e. The second-order valence-electron chi connectivity index (χ2n) is 5.64. The molecule has 24 heavy (non-hydrogen) atoms. The fourth-order valence-electron chi connectivity index (χ4n) is 2.61. The Morgan fingerprint density at radius 1 is 0.667 bits per heavy atom. The second-order valence-corrected chi connectivity index (χ2v) is 5.64. The van der Waals surface area contributed by atoms with Crippen LogP contribution in [-0.2, 0) is 0 Å².